The lowest BCUT2D eigenvalue weighted by atomic mass is 10.0. The van der Waals surface area contributed by atoms with Gasteiger partial charge in [0.15, 0.2) is 5.96 Å². The molecule has 1 rings (SSSR count). The summed E-state index contributed by atoms with van der Waals surface area (Å²) in [5, 5.41) is 24.2. The molecule has 10 nitrogen and oxygen atoms in total. The number of carboxylic acid groups (broad SMARTS) is 1. The number of nitrogens with two attached hydrogens (primary N) is 2. The molecule has 1 aromatic rings. The van der Waals surface area contributed by atoms with E-state index in [2.05, 4.69) is 16.0 Å². The number of nitrogens with one attached hydrogen (secondary N) is 4. The zero-order chi connectivity index (χ0) is 21.1. The Morgan fingerprint density at radius 1 is 1.11 bits per heavy atom. The normalized spacial score (nSPS) is 13.6. The van der Waals surface area contributed by atoms with Crippen LogP contribution in [0.15, 0.2) is 30.3 Å². The van der Waals surface area contributed by atoms with Gasteiger partial charge in [-0.25, -0.2) is 4.79 Å². The molecule has 0 aliphatic rings. The standard InChI is InChI=1S/C18H28N6O4/c1-11(19)15(25)23-13(8-5-9-22-18(20)21)16(26)24-14(17(27)28)10-12-6-3-2-4-7-12/h2-4,6-7,11,13-14H,5,8-10,19H2,1H3,(H,23,25)(H,24,26)(H,27,28)(H4,20,21,22)/t11-,13+,14+/m0/s1. The van der Waals surface area contributed by atoms with Crippen LogP contribution < -0.4 is 27.4 Å². The lowest BCUT2D eigenvalue weighted by Crippen LogP contribution is -2.54. The van der Waals surface area contributed by atoms with Crippen molar-refractivity contribution in [3.05, 3.63) is 35.9 Å². The van der Waals surface area contributed by atoms with Gasteiger partial charge in [0.05, 0.1) is 6.04 Å². The Kier molecular flexibility index (Phi) is 9.44. The van der Waals surface area contributed by atoms with Crippen LogP contribution in [0.4, 0.5) is 0 Å². The van der Waals surface area contributed by atoms with Gasteiger partial charge >= 0.3 is 5.97 Å². The third-order valence-electron chi connectivity index (χ3n) is 3.93. The Balaban J connectivity index is 2.78. The van der Waals surface area contributed by atoms with Crippen LogP contribution >= 0.6 is 0 Å². The molecule has 0 radical (unpaired) electrons. The molecule has 1 aromatic carbocycles. The third kappa shape index (κ3) is 8.49. The molecule has 154 valence electrons. The Morgan fingerprint density at radius 2 is 1.71 bits per heavy atom. The van der Waals surface area contributed by atoms with Gasteiger partial charge in [-0.15, -0.1) is 0 Å². The van der Waals surface area contributed by atoms with Crippen molar-refractivity contribution in [1.82, 2.24) is 16.0 Å². The van der Waals surface area contributed by atoms with Crippen molar-refractivity contribution >= 4 is 23.7 Å². The SMILES string of the molecule is C[C@H](N)C(=O)N[C@H](CCCNC(=N)N)C(=O)N[C@H](Cc1ccccc1)C(=O)O. The van der Waals surface area contributed by atoms with Crippen LogP contribution in [-0.2, 0) is 20.8 Å². The van der Waals surface area contributed by atoms with E-state index in [4.69, 9.17) is 16.9 Å². The van der Waals surface area contributed by atoms with Crippen molar-refractivity contribution in [3.8, 4) is 0 Å². The largest absolute Gasteiger partial charge is 0.480 e. The Hall–Kier alpha value is -3.14. The van der Waals surface area contributed by atoms with E-state index in [1.54, 1.807) is 24.3 Å². The summed E-state index contributed by atoms with van der Waals surface area (Å²) in [6.07, 6.45) is 0.761. The van der Waals surface area contributed by atoms with Crippen LogP contribution in [0.2, 0.25) is 0 Å². The minimum Gasteiger partial charge on any atom is -0.480 e. The molecular weight excluding hydrogens is 364 g/mol. The number of rotatable bonds is 11. The summed E-state index contributed by atoms with van der Waals surface area (Å²) in [5.74, 6) is -2.50. The van der Waals surface area contributed by atoms with Gasteiger partial charge in [0.1, 0.15) is 12.1 Å². The number of hydrogen-bond acceptors (Lipinski definition) is 5. The highest BCUT2D eigenvalue weighted by atomic mass is 16.4. The van der Waals surface area contributed by atoms with Gasteiger partial charge in [-0.3, -0.25) is 15.0 Å². The van der Waals surface area contributed by atoms with Crippen LogP contribution in [0.1, 0.15) is 25.3 Å². The van der Waals surface area contributed by atoms with Crippen LogP contribution in [0.5, 0.6) is 0 Å². The first-order chi connectivity index (χ1) is 13.2. The van der Waals surface area contributed by atoms with Gasteiger partial charge in [0.25, 0.3) is 0 Å². The van der Waals surface area contributed by atoms with E-state index in [9.17, 15) is 19.5 Å². The molecule has 0 heterocycles. The number of amides is 2. The molecule has 0 unspecified atom stereocenters. The Labute approximate surface area is 163 Å². The van der Waals surface area contributed by atoms with E-state index < -0.39 is 35.9 Å². The highest BCUT2D eigenvalue weighted by Gasteiger charge is 2.27. The van der Waals surface area contributed by atoms with E-state index in [0.29, 0.717) is 13.0 Å². The number of guanidine groups is 1. The van der Waals surface area contributed by atoms with Gasteiger partial charge in [-0.05, 0) is 25.3 Å². The lowest BCUT2D eigenvalue weighted by molar-refractivity contribution is -0.142. The quantitative estimate of drug-likeness (QED) is 0.141. The Morgan fingerprint density at radius 3 is 2.25 bits per heavy atom. The second kappa shape index (κ2) is 11.5. The number of carboxylic acids is 1. The van der Waals surface area contributed by atoms with E-state index in [0.717, 1.165) is 5.56 Å². The van der Waals surface area contributed by atoms with Crippen LogP contribution in [0, 0.1) is 5.41 Å². The highest BCUT2D eigenvalue weighted by molar-refractivity contribution is 5.91. The highest BCUT2D eigenvalue weighted by Crippen LogP contribution is 2.05. The van der Waals surface area contributed by atoms with E-state index in [1.165, 1.54) is 6.92 Å². The number of carbonyl (C=O) groups is 3. The molecule has 0 aromatic heterocycles. The van der Waals surface area contributed by atoms with Gasteiger partial charge in [-0.1, -0.05) is 30.3 Å². The van der Waals surface area contributed by atoms with Crippen molar-refractivity contribution in [1.29, 1.82) is 5.41 Å². The van der Waals surface area contributed by atoms with Crippen molar-refractivity contribution in [3.63, 3.8) is 0 Å². The molecule has 3 atom stereocenters. The number of carbonyl (C=O) groups excluding carboxylic acids is 2. The maximum absolute atomic E-state index is 12.6. The monoisotopic (exact) mass is 392 g/mol. The average molecular weight is 392 g/mol. The molecule has 9 N–H and O–H groups in total. The zero-order valence-electron chi connectivity index (χ0n) is 15.8. The lowest BCUT2D eigenvalue weighted by Gasteiger charge is -2.22. The Bertz CT molecular complexity index is 680. The molecule has 2 amide bonds. The predicted molar refractivity (Wildman–Crippen MR) is 104 cm³/mol. The fourth-order valence-electron chi connectivity index (χ4n) is 2.42. The summed E-state index contributed by atoms with van der Waals surface area (Å²) in [7, 11) is 0. The third-order valence-corrected chi connectivity index (χ3v) is 3.93. The molecule has 0 fully saturated rings. The van der Waals surface area contributed by atoms with Crippen molar-refractivity contribution in [2.75, 3.05) is 6.54 Å². The van der Waals surface area contributed by atoms with Crippen molar-refractivity contribution in [2.24, 2.45) is 11.5 Å². The minimum atomic E-state index is -1.17. The minimum absolute atomic E-state index is 0.113. The number of aliphatic carboxylic acids is 1. The topological polar surface area (TPSA) is 183 Å². The van der Waals surface area contributed by atoms with Gasteiger partial charge in [0.2, 0.25) is 11.8 Å². The van der Waals surface area contributed by atoms with E-state index in [-0.39, 0.29) is 18.8 Å². The molecule has 0 saturated heterocycles. The van der Waals surface area contributed by atoms with Gasteiger partial charge < -0.3 is 32.5 Å². The molecule has 28 heavy (non-hydrogen) atoms. The first-order valence-corrected chi connectivity index (χ1v) is 8.91. The molecule has 0 spiro atoms. The van der Waals surface area contributed by atoms with Crippen LogP contribution in [0.3, 0.4) is 0 Å². The summed E-state index contributed by atoms with van der Waals surface area (Å²) >= 11 is 0. The second-order valence-electron chi connectivity index (χ2n) is 6.42. The second-order valence-corrected chi connectivity index (χ2v) is 6.42. The van der Waals surface area contributed by atoms with Gasteiger partial charge in [0, 0.05) is 13.0 Å². The molecule has 0 aliphatic carbocycles. The summed E-state index contributed by atoms with van der Waals surface area (Å²) in [4.78, 5) is 36.1. The summed E-state index contributed by atoms with van der Waals surface area (Å²) in [5.41, 5.74) is 11.5. The van der Waals surface area contributed by atoms with Crippen LogP contribution in [-0.4, -0.2) is 53.5 Å². The van der Waals surface area contributed by atoms with Crippen molar-refractivity contribution in [2.45, 2.75) is 44.3 Å². The van der Waals surface area contributed by atoms with E-state index in [1.807, 2.05) is 6.07 Å². The molecule has 10 heteroatoms. The first kappa shape index (κ1) is 22.9. The van der Waals surface area contributed by atoms with Crippen molar-refractivity contribution < 1.29 is 19.5 Å². The number of hydrogen-bond donors (Lipinski definition) is 7. The zero-order valence-corrected chi connectivity index (χ0v) is 15.8. The molecule has 0 saturated carbocycles. The maximum Gasteiger partial charge on any atom is 0.326 e. The molecule has 0 aliphatic heterocycles. The smallest absolute Gasteiger partial charge is 0.326 e. The fraction of sp³-hybridized carbons (Fsp3) is 0.444. The number of benzene rings is 1. The average Bonchev–Trinajstić information content (AvgIpc) is 2.63. The summed E-state index contributed by atoms with van der Waals surface area (Å²) in [6.45, 7) is 1.82. The first-order valence-electron chi connectivity index (χ1n) is 8.91. The van der Waals surface area contributed by atoms with Gasteiger partial charge in [-0.2, -0.15) is 0 Å². The van der Waals surface area contributed by atoms with Crippen LogP contribution in [0.25, 0.3) is 0 Å². The predicted octanol–water partition coefficient (Wildman–Crippen LogP) is -1.11. The molecular formula is C18H28N6O4. The summed E-state index contributed by atoms with van der Waals surface area (Å²) in [6, 6.07) is 6.01. The summed E-state index contributed by atoms with van der Waals surface area (Å²) < 4.78 is 0. The fourth-order valence-corrected chi connectivity index (χ4v) is 2.42. The molecule has 0 bridgehead atoms. The van der Waals surface area contributed by atoms with E-state index >= 15 is 0 Å². The maximum atomic E-state index is 12.6.